The molecule has 2 aromatic rings. The van der Waals surface area contributed by atoms with E-state index in [2.05, 4.69) is 26.6 Å². The molecule has 1 aliphatic carbocycles. The van der Waals surface area contributed by atoms with E-state index in [0.29, 0.717) is 40.4 Å². The van der Waals surface area contributed by atoms with Gasteiger partial charge in [-0.05, 0) is 65.2 Å². The third-order valence-electron chi connectivity index (χ3n) is 5.10. The van der Waals surface area contributed by atoms with E-state index in [-0.39, 0.29) is 17.7 Å². The molecule has 0 aromatic heterocycles. The number of hydrogen-bond acceptors (Lipinski definition) is 4. The first kappa shape index (κ1) is 22.3. The van der Waals surface area contributed by atoms with Gasteiger partial charge >= 0.3 is 0 Å². The molecule has 2 amide bonds. The van der Waals surface area contributed by atoms with Crippen molar-refractivity contribution in [3.63, 3.8) is 0 Å². The molecule has 0 heterocycles. The standard InChI is InChI=1S/C23H27BrN2O4/c1-29-12-13-30-21-11-10-17(14-20(21)24)23(28)26-19-9-5-8-18(15-19)25-22(27)16-6-3-2-4-7-16/h5,8-11,14-16H,2-4,6-7,12-13H2,1H3,(H,25,27)(H,26,28). The maximum absolute atomic E-state index is 12.6. The van der Waals surface area contributed by atoms with Crippen LogP contribution in [-0.4, -0.2) is 32.1 Å². The fraction of sp³-hybridized carbons (Fsp3) is 0.391. The van der Waals surface area contributed by atoms with Crippen LogP contribution in [0.15, 0.2) is 46.9 Å². The minimum atomic E-state index is -0.241. The lowest BCUT2D eigenvalue weighted by molar-refractivity contribution is -0.120. The summed E-state index contributed by atoms with van der Waals surface area (Å²) in [7, 11) is 1.61. The van der Waals surface area contributed by atoms with Crippen molar-refractivity contribution in [2.75, 3.05) is 31.0 Å². The van der Waals surface area contributed by atoms with Crippen LogP contribution in [-0.2, 0) is 9.53 Å². The molecule has 0 unspecified atom stereocenters. The molecule has 0 spiro atoms. The summed E-state index contributed by atoms with van der Waals surface area (Å²) in [4.78, 5) is 25.1. The Morgan fingerprint density at radius 3 is 2.43 bits per heavy atom. The SMILES string of the molecule is COCCOc1ccc(C(=O)Nc2cccc(NC(=O)C3CCCCC3)c2)cc1Br. The van der Waals surface area contributed by atoms with Crippen molar-refractivity contribution in [1.29, 1.82) is 0 Å². The summed E-state index contributed by atoms with van der Waals surface area (Å²) in [5, 5.41) is 5.86. The zero-order valence-corrected chi connectivity index (χ0v) is 18.7. The number of methoxy groups -OCH3 is 1. The first-order chi connectivity index (χ1) is 14.6. The second kappa shape index (κ2) is 11.1. The molecule has 2 aromatic carbocycles. The summed E-state index contributed by atoms with van der Waals surface area (Å²) in [5.74, 6) is 0.552. The highest BCUT2D eigenvalue weighted by Crippen LogP contribution is 2.27. The van der Waals surface area contributed by atoms with Crippen molar-refractivity contribution in [2.45, 2.75) is 32.1 Å². The average molecular weight is 475 g/mol. The predicted octanol–water partition coefficient (Wildman–Crippen LogP) is 5.25. The van der Waals surface area contributed by atoms with Crippen molar-refractivity contribution in [3.8, 4) is 5.75 Å². The van der Waals surface area contributed by atoms with Crippen molar-refractivity contribution in [3.05, 3.63) is 52.5 Å². The second-order valence-electron chi connectivity index (χ2n) is 7.35. The molecule has 1 saturated carbocycles. The van der Waals surface area contributed by atoms with Gasteiger partial charge in [0.2, 0.25) is 5.91 Å². The van der Waals surface area contributed by atoms with Crippen LogP contribution in [0.2, 0.25) is 0 Å². The molecule has 0 atom stereocenters. The second-order valence-corrected chi connectivity index (χ2v) is 8.20. The third-order valence-corrected chi connectivity index (χ3v) is 5.72. The summed E-state index contributed by atoms with van der Waals surface area (Å²) < 4.78 is 11.3. The van der Waals surface area contributed by atoms with Crippen LogP contribution in [0.25, 0.3) is 0 Å². The largest absolute Gasteiger partial charge is 0.490 e. The first-order valence-electron chi connectivity index (χ1n) is 10.2. The number of benzene rings is 2. The molecule has 0 aliphatic heterocycles. The maximum Gasteiger partial charge on any atom is 0.255 e. The highest BCUT2D eigenvalue weighted by molar-refractivity contribution is 9.10. The van der Waals surface area contributed by atoms with Crippen molar-refractivity contribution >= 4 is 39.1 Å². The first-order valence-corrected chi connectivity index (χ1v) is 11.0. The van der Waals surface area contributed by atoms with Crippen molar-refractivity contribution in [2.24, 2.45) is 5.92 Å². The molecule has 160 valence electrons. The number of ether oxygens (including phenoxy) is 2. The number of anilines is 2. The summed E-state index contributed by atoms with van der Waals surface area (Å²) in [6.07, 6.45) is 5.33. The third kappa shape index (κ3) is 6.31. The molecule has 0 saturated heterocycles. The van der Waals surface area contributed by atoms with E-state index in [4.69, 9.17) is 9.47 Å². The Morgan fingerprint density at radius 2 is 1.73 bits per heavy atom. The van der Waals surface area contributed by atoms with E-state index < -0.39 is 0 Å². The minimum Gasteiger partial charge on any atom is -0.490 e. The molecule has 7 heteroatoms. The van der Waals surface area contributed by atoms with Gasteiger partial charge in [0.25, 0.3) is 5.91 Å². The van der Waals surface area contributed by atoms with E-state index in [9.17, 15) is 9.59 Å². The molecular formula is C23H27BrN2O4. The summed E-state index contributed by atoms with van der Waals surface area (Å²) in [5.41, 5.74) is 1.81. The zero-order valence-electron chi connectivity index (χ0n) is 17.1. The average Bonchev–Trinajstić information content (AvgIpc) is 2.76. The maximum atomic E-state index is 12.6. The summed E-state index contributed by atoms with van der Waals surface area (Å²) >= 11 is 3.44. The summed E-state index contributed by atoms with van der Waals surface area (Å²) in [6, 6.07) is 12.4. The van der Waals surface area contributed by atoms with Gasteiger partial charge in [0.15, 0.2) is 0 Å². The molecule has 30 heavy (non-hydrogen) atoms. The van der Waals surface area contributed by atoms with Crippen LogP contribution < -0.4 is 15.4 Å². The van der Waals surface area contributed by atoms with Crippen LogP contribution in [0.3, 0.4) is 0 Å². The number of hydrogen-bond donors (Lipinski definition) is 2. The lowest BCUT2D eigenvalue weighted by Crippen LogP contribution is -2.24. The molecule has 1 aliphatic rings. The monoisotopic (exact) mass is 474 g/mol. The fourth-order valence-electron chi connectivity index (χ4n) is 3.48. The van der Waals surface area contributed by atoms with Gasteiger partial charge in [-0.3, -0.25) is 9.59 Å². The molecule has 3 rings (SSSR count). The van der Waals surface area contributed by atoms with E-state index >= 15 is 0 Å². The molecular weight excluding hydrogens is 448 g/mol. The Hall–Kier alpha value is -2.38. The van der Waals surface area contributed by atoms with Gasteiger partial charge in [-0.25, -0.2) is 0 Å². The van der Waals surface area contributed by atoms with Gasteiger partial charge in [0, 0.05) is 30.0 Å². The van der Waals surface area contributed by atoms with Gasteiger partial charge in [-0.2, -0.15) is 0 Å². The van der Waals surface area contributed by atoms with Crippen LogP contribution in [0.5, 0.6) is 5.75 Å². The lowest BCUT2D eigenvalue weighted by atomic mass is 9.88. The Morgan fingerprint density at radius 1 is 1.00 bits per heavy atom. The number of amides is 2. The van der Waals surface area contributed by atoms with Crippen LogP contribution >= 0.6 is 15.9 Å². The van der Waals surface area contributed by atoms with Crippen LogP contribution in [0.1, 0.15) is 42.5 Å². The zero-order chi connectivity index (χ0) is 21.3. The molecule has 6 nitrogen and oxygen atoms in total. The number of carbonyl (C=O) groups excluding carboxylic acids is 2. The number of carbonyl (C=O) groups is 2. The fourth-order valence-corrected chi connectivity index (χ4v) is 3.97. The smallest absolute Gasteiger partial charge is 0.255 e. The van der Waals surface area contributed by atoms with Crippen LogP contribution in [0.4, 0.5) is 11.4 Å². The lowest BCUT2D eigenvalue weighted by Gasteiger charge is -2.20. The topological polar surface area (TPSA) is 76.7 Å². The van der Waals surface area contributed by atoms with Gasteiger partial charge in [-0.15, -0.1) is 0 Å². The van der Waals surface area contributed by atoms with Gasteiger partial charge in [0.1, 0.15) is 12.4 Å². The van der Waals surface area contributed by atoms with Gasteiger partial charge in [-0.1, -0.05) is 25.3 Å². The minimum absolute atomic E-state index is 0.0613. The summed E-state index contributed by atoms with van der Waals surface area (Å²) in [6.45, 7) is 0.919. The highest BCUT2D eigenvalue weighted by Gasteiger charge is 2.21. The molecule has 2 N–H and O–H groups in total. The Bertz CT molecular complexity index is 881. The van der Waals surface area contributed by atoms with Gasteiger partial charge < -0.3 is 20.1 Å². The van der Waals surface area contributed by atoms with E-state index in [0.717, 1.165) is 25.7 Å². The Kier molecular flexibility index (Phi) is 8.28. The van der Waals surface area contributed by atoms with E-state index in [1.165, 1.54) is 6.42 Å². The quantitative estimate of drug-likeness (QED) is 0.512. The van der Waals surface area contributed by atoms with E-state index in [1.807, 2.05) is 12.1 Å². The number of halogens is 1. The Balaban J connectivity index is 1.60. The highest BCUT2D eigenvalue weighted by atomic mass is 79.9. The van der Waals surface area contributed by atoms with Crippen molar-refractivity contribution < 1.29 is 19.1 Å². The molecule has 0 bridgehead atoms. The predicted molar refractivity (Wildman–Crippen MR) is 121 cm³/mol. The number of rotatable bonds is 8. The van der Waals surface area contributed by atoms with Crippen molar-refractivity contribution in [1.82, 2.24) is 0 Å². The number of nitrogens with one attached hydrogen (secondary N) is 2. The molecule has 0 radical (unpaired) electrons. The van der Waals surface area contributed by atoms with Gasteiger partial charge in [0.05, 0.1) is 11.1 Å². The normalized spacial score (nSPS) is 14.2. The Labute approximate surface area is 185 Å². The molecule has 1 fully saturated rings. The van der Waals surface area contributed by atoms with E-state index in [1.54, 1.807) is 37.4 Å². The van der Waals surface area contributed by atoms with Crippen LogP contribution in [0, 0.1) is 5.92 Å².